The molecule has 1 aliphatic rings. The second-order valence-corrected chi connectivity index (χ2v) is 13.5. The molecule has 242 valence electrons. The second kappa shape index (κ2) is 15.1. The number of nitrogens with one attached hydrogen (secondary N) is 2. The summed E-state index contributed by atoms with van der Waals surface area (Å²) in [6.07, 6.45) is -3.05. The molecule has 0 bridgehead atoms. The molecule has 2 aromatic rings. The van der Waals surface area contributed by atoms with Crippen molar-refractivity contribution >= 4 is 36.4 Å². The minimum absolute atomic E-state index is 0.0166. The van der Waals surface area contributed by atoms with Crippen molar-refractivity contribution in [1.82, 2.24) is 14.6 Å². The number of rotatable bonds is 14. The zero-order chi connectivity index (χ0) is 32.7. The van der Waals surface area contributed by atoms with Gasteiger partial charge in [0.15, 0.2) is 17.9 Å². The van der Waals surface area contributed by atoms with E-state index in [1.165, 1.54) is 13.1 Å². The van der Waals surface area contributed by atoms with E-state index < -0.39 is 72.5 Å². The van der Waals surface area contributed by atoms with Crippen LogP contribution < -0.4 is 20.9 Å². The van der Waals surface area contributed by atoms with Crippen LogP contribution in [0, 0.1) is 0 Å². The SMILES string of the molecule is CCC(=O)O[C@@H]1[C@@H](COP(=S)(N[C@@H](C)C(=O)OC(C)C)Oc2ccccc2)O[C@@H](n2ccc(=O)[nH]c2=O)[C@]1(C)OC(=O)CC. The van der Waals surface area contributed by atoms with Crippen LogP contribution in [0.2, 0.25) is 0 Å². The van der Waals surface area contributed by atoms with Crippen LogP contribution >= 0.6 is 6.64 Å². The van der Waals surface area contributed by atoms with Crippen LogP contribution in [0.4, 0.5) is 0 Å². The van der Waals surface area contributed by atoms with Crippen LogP contribution in [0.1, 0.15) is 60.6 Å². The number of hydrogen-bond donors (Lipinski definition) is 2. The highest BCUT2D eigenvalue weighted by Crippen LogP contribution is 2.48. The van der Waals surface area contributed by atoms with E-state index >= 15 is 0 Å². The Morgan fingerprint density at radius 1 is 1.09 bits per heavy atom. The van der Waals surface area contributed by atoms with Gasteiger partial charge in [0.1, 0.15) is 17.9 Å². The van der Waals surface area contributed by atoms with Crippen LogP contribution in [0.15, 0.2) is 52.2 Å². The summed E-state index contributed by atoms with van der Waals surface area (Å²) >= 11 is 5.78. The third-order valence-electron chi connectivity index (χ3n) is 6.40. The van der Waals surface area contributed by atoms with Crippen molar-refractivity contribution in [1.29, 1.82) is 0 Å². The predicted molar refractivity (Wildman–Crippen MR) is 161 cm³/mol. The molecule has 6 atom stereocenters. The maximum Gasteiger partial charge on any atom is 0.330 e. The summed E-state index contributed by atoms with van der Waals surface area (Å²) in [6.45, 7) is 5.62. The number of carbonyl (C=O) groups excluding carboxylic acids is 3. The van der Waals surface area contributed by atoms with Crippen LogP contribution in [-0.2, 0) is 49.7 Å². The highest BCUT2D eigenvalue weighted by atomic mass is 32.5. The lowest BCUT2D eigenvalue weighted by Gasteiger charge is -2.34. The normalized spacial score (nSPS) is 23.4. The molecule has 2 heterocycles. The van der Waals surface area contributed by atoms with Crippen molar-refractivity contribution in [3.05, 3.63) is 63.4 Å². The molecule has 1 fully saturated rings. The standard InChI is InChI=1S/C28H38N3O11PS/c1-7-22(33)40-24-20(39-26(28(24,6)41-23(34)8-2)31-15-14-21(32)29-27(31)36)16-37-43(44,42-19-12-10-9-11-13-19)30-18(5)25(35)38-17(3)4/h9-15,17-18,20,24,26H,7-8,16H2,1-6H3,(H,30,44)(H,29,32,36)/t18-,20+,24+,26+,28+,43?/m0/s1. The topological polar surface area (TPSA) is 173 Å². The van der Waals surface area contributed by atoms with Gasteiger partial charge in [-0.15, -0.1) is 0 Å². The Kier molecular flexibility index (Phi) is 12.0. The number of ether oxygens (including phenoxy) is 4. The average molecular weight is 656 g/mol. The minimum Gasteiger partial charge on any atom is -0.462 e. The molecule has 1 aromatic carbocycles. The summed E-state index contributed by atoms with van der Waals surface area (Å²) < 4.78 is 36.2. The van der Waals surface area contributed by atoms with Gasteiger partial charge in [-0.25, -0.2) is 9.88 Å². The molecule has 3 rings (SSSR count). The van der Waals surface area contributed by atoms with Gasteiger partial charge in [-0.2, -0.15) is 0 Å². The molecular formula is C28H38N3O11PS. The summed E-state index contributed by atoms with van der Waals surface area (Å²) in [6, 6.07) is 8.70. The Labute approximate surface area is 259 Å². The van der Waals surface area contributed by atoms with Crippen molar-refractivity contribution in [2.24, 2.45) is 0 Å². The van der Waals surface area contributed by atoms with E-state index in [1.54, 1.807) is 65.0 Å². The van der Waals surface area contributed by atoms with Gasteiger partial charge in [-0.1, -0.05) is 32.0 Å². The summed E-state index contributed by atoms with van der Waals surface area (Å²) in [5.41, 5.74) is -3.25. The van der Waals surface area contributed by atoms with Gasteiger partial charge in [0.25, 0.3) is 5.56 Å². The first kappa shape index (κ1) is 35.1. The molecule has 0 radical (unpaired) electrons. The van der Waals surface area contributed by atoms with Crippen molar-refractivity contribution in [3.63, 3.8) is 0 Å². The largest absolute Gasteiger partial charge is 0.462 e. The fraction of sp³-hybridized carbons (Fsp3) is 0.536. The van der Waals surface area contributed by atoms with Crippen molar-refractivity contribution in [2.75, 3.05) is 6.61 Å². The monoisotopic (exact) mass is 655 g/mol. The first-order valence-corrected chi connectivity index (χ1v) is 16.7. The summed E-state index contributed by atoms with van der Waals surface area (Å²) in [5.74, 6) is -1.53. The Morgan fingerprint density at radius 3 is 2.34 bits per heavy atom. The van der Waals surface area contributed by atoms with Crippen molar-refractivity contribution in [2.45, 2.75) is 90.6 Å². The third-order valence-corrected chi connectivity index (χ3v) is 8.90. The zero-order valence-corrected chi connectivity index (χ0v) is 27.1. The summed E-state index contributed by atoms with van der Waals surface area (Å²) in [4.78, 5) is 64.5. The van der Waals surface area contributed by atoms with Gasteiger partial charge >= 0.3 is 30.2 Å². The van der Waals surface area contributed by atoms with Crippen LogP contribution in [0.25, 0.3) is 0 Å². The van der Waals surface area contributed by atoms with E-state index in [4.69, 9.17) is 39.8 Å². The molecule has 0 amide bonds. The molecule has 0 saturated carbocycles. The summed E-state index contributed by atoms with van der Waals surface area (Å²) in [5, 5.41) is 2.92. The van der Waals surface area contributed by atoms with Gasteiger partial charge in [-0.05, 0) is 51.6 Å². The lowest BCUT2D eigenvalue weighted by molar-refractivity contribution is -0.187. The number of para-hydroxylation sites is 1. The van der Waals surface area contributed by atoms with Crippen LogP contribution in [0.3, 0.4) is 0 Å². The number of aromatic amines is 1. The van der Waals surface area contributed by atoms with Crippen molar-refractivity contribution in [3.8, 4) is 5.75 Å². The van der Waals surface area contributed by atoms with E-state index in [0.29, 0.717) is 5.75 Å². The predicted octanol–water partition coefficient (Wildman–Crippen LogP) is 2.72. The zero-order valence-electron chi connectivity index (χ0n) is 25.3. The van der Waals surface area contributed by atoms with E-state index in [-0.39, 0.29) is 18.9 Å². The van der Waals surface area contributed by atoms with Gasteiger partial charge in [-0.3, -0.25) is 28.7 Å². The fourth-order valence-corrected chi connectivity index (χ4v) is 6.73. The van der Waals surface area contributed by atoms with E-state index in [2.05, 4.69) is 10.1 Å². The first-order valence-electron chi connectivity index (χ1n) is 14.1. The van der Waals surface area contributed by atoms with Crippen LogP contribution in [-0.4, -0.2) is 64.0 Å². The molecule has 2 N–H and O–H groups in total. The molecule has 1 saturated heterocycles. The molecule has 0 spiro atoms. The Balaban J connectivity index is 2.01. The number of hydrogen-bond acceptors (Lipinski definition) is 12. The number of benzene rings is 1. The molecule has 44 heavy (non-hydrogen) atoms. The minimum atomic E-state index is -3.56. The van der Waals surface area contributed by atoms with E-state index in [0.717, 1.165) is 10.6 Å². The maximum atomic E-state index is 12.8. The lowest BCUT2D eigenvalue weighted by Crippen LogP contribution is -2.52. The highest BCUT2D eigenvalue weighted by Gasteiger charge is 2.60. The van der Waals surface area contributed by atoms with Crippen molar-refractivity contribution < 1.29 is 42.4 Å². The fourth-order valence-electron chi connectivity index (χ4n) is 4.31. The molecule has 14 nitrogen and oxygen atoms in total. The molecule has 16 heteroatoms. The van der Waals surface area contributed by atoms with Gasteiger partial charge in [0, 0.05) is 25.1 Å². The third kappa shape index (κ3) is 8.85. The molecule has 1 aliphatic heterocycles. The number of esters is 3. The van der Waals surface area contributed by atoms with E-state index in [9.17, 15) is 24.0 Å². The number of carbonyl (C=O) groups is 3. The number of H-pyrrole nitrogens is 1. The maximum absolute atomic E-state index is 12.8. The second-order valence-electron chi connectivity index (χ2n) is 10.4. The summed E-state index contributed by atoms with van der Waals surface area (Å²) in [7, 11) is 0. The molecular weight excluding hydrogens is 617 g/mol. The van der Waals surface area contributed by atoms with Gasteiger partial charge in [0.05, 0.1) is 12.7 Å². The highest BCUT2D eigenvalue weighted by molar-refractivity contribution is 8.09. The smallest absolute Gasteiger partial charge is 0.330 e. The Hall–Kier alpha value is -3.36. The molecule has 1 aromatic heterocycles. The Morgan fingerprint density at radius 2 is 1.75 bits per heavy atom. The first-order chi connectivity index (χ1) is 20.7. The number of nitrogens with zero attached hydrogens (tertiary/aromatic N) is 1. The molecule has 1 unspecified atom stereocenters. The van der Waals surface area contributed by atoms with E-state index in [1.807, 2.05) is 0 Å². The lowest BCUT2D eigenvalue weighted by atomic mass is 9.95. The van der Waals surface area contributed by atoms with Gasteiger partial charge in [0.2, 0.25) is 0 Å². The quantitative estimate of drug-likeness (QED) is 0.173. The Bertz CT molecular complexity index is 1480. The number of aromatic nitrogens is 2. The van der Waals surface area contributed by atoms with Gasteiger partial charge < -0.3 is 28.0 Å². The van der Waals surface area contributed by atoms with Crippen LogP contribution in [0.5, 0.6) is 5.75 Å². The molecule has 0 aliphatic carbocycles. The average Bonchev–Trinajstić information content (AvgIpc) is 3.22.